The van der Waals surface area contributed by atoms with Crippen LogP contribution in [0.4, 0.5) is 0 Å². The number of ether oxygens (including phenoxy) is 2. The molecule has 2 atom stereocenters. The lowest BCUT2D eigenvalue weighted by atomic mass is 9.73. The molecule has 2 saturated heterocycles. The predicted molar refractivity (Wildman–Crippen MR) is 86.4 cm³/mol. The van der Waals surface area contributed by atoms with Crippen molar-refractivity contribution in [2.45, 2.75) is 45.8 Å². The second-order valence-electron chi connectivity index (χ2n) is 6.76. The number of methoxy groups -OCH3 is 1. The number of carbonyl (C=O) groups is 1. The predicted octanol–water partition coefficient (Wildman–Crippen LogP) is 1.87. The van der Waals surface area contributed by atoms with E-state index in [2.05, 4.69) is 5.10 Å². The zero-order chi connectivity index (χ0) is 16.4. The van der Waals surface area contributed by atoms with Crippen LogP contribution in [0.1, 0.15) is 42.4 Å². The van der Waals surface area contributed by atoms with E-state index in [0.717, 1.165) is 38.1 Å². The summed E-state index contributed by atoms with van der Waals surface area (Å²) in [6.45, 7) is 7.56. The third kappa shape index (κ3) is 3.02. The number of amides is 1. The molecule has 0 N–H and O–H groups in total. The van der Waals surface area contributed by atoms with Crippen LogP contribution in [0.5, 0.6) is 0 Å². The van der Waals surface area contributed by atoms with Crippen molar-refractivity contribution in [2.24, 2.45) is 5.41 Å². The summed E-state index contributed by atoms with van der Waals surface area (Å²) in [4.78, 5) is 15.0. The van der Waals surface area contributed by atoms with E-state index in [-0.39, 0.29) is 17.4 Å². The van der Waals surface area contributed by atoms with Crippen LogP contribution in [0, 0.1) is 12.3 Å². The first-order valence-electron chi connectivity index (χ1n) is 8.54. The van der Waals surface area contributed by atoms with Crippen molar-refractivity contribution in [2.75, 3.05) is 33.4 Å². The van der Waals surface area contributed by atoms with Gasteiger partial charge in [0, 0.05) is 38.8 Å². The summed E-state index contributed by atoms with van der Waals surface area (Å²) in [5.74, 6) is 0.0759. The molecule has 1 aromatic rings. The molecule has 6 nitrogen and oxygen atoms in total. The Kier molecular flexibility index (Phi) is 4.73. The van der Waals surface area contributed by atoms with Crippen molar-refractivity contribution in [3.8, 4) is 0 Å². The van der Waals surface area contributed by atoms with Gasteiger partial charge in [-0.25, -0.2) is 0 Å². The smallest absolute Gasteiger partial charge is 0.272 e. The number of likely N-dealkylation sites (tertiary alicyclic amines) is 1. The van der Waals surface area contributed by atoms with Crippen LogP contribution >= 0.6 is 0 Å². The van der Waals surface area contributed by atoms with Gasteiger partial charge in [-0.05, 0) is 39.2 Å². The van der Waals surface area contributed by atoms with E-state index >= 15 is 0 Å². The van der Waals surface area contributed by atoms with Crippen LogP contribution in [0.25, 0.3) is 0 Å². The number of fused-ring (bicyclic) bond motifs is 1. The quantitative estimate of drug-likeness (QED) is 0.849. The fourth-order valence-corrected chi connectivity index (χ4v) is 4.08. The minimum absolute atomic E-state index is 0.0625. The fourth-order valence-electron chi connectivity index (χ4n) is 4.08. The van der Waals surface area contributed by atoms with Gasteiger partial charge in [-0.3, -0.25) is 9.48 Å². The molecule has 0 aromatic carbocycles. The molecule has 2 fully saturated rings. The fraction of sp³-hybridized carbons (Fsp3) is 0.765. The summed E-state index contributed by atoms with van der Waals surface area (Å²) >= 11 is 0. The number of nitrogens with zero attached hydrogens (tertiary/aromatic N) is 3. The van der Waals surface area contributed by atoms with Gasteiger partial charge in [-0.2, -0.15) is 5.10 Å². The Hall–Kier alpha value is -1.40. The standard InChI is InChI=1S/C17H27N3O3/c1-4-20-14(10-13(2)18-20)16(21)19-8-6-15-17(11-19,12-22-3)7-5-9-23-15/h10,15H,4-9,11-12H2,1-3H3/t15-,17-/m0/s1. The summed E-state index contributed by atoms with van der Waals surface area (Å²) in [5, 5.41) is 4.40. The summed E-state index contributed by atoms with van der Waals surface area (Å²) in [5.41, 5.74) is 1.51. The second kappa shape index (κ2) is 6.61. The maximum Gasteiger partial charge on any atom is 0.272 e. The Balaban J connectivity index is 1.82. The Bertz CT molecular complexity index is 567. The molecule has 3 heterocycles. The van der Waals surface area contributed by atoms with Crippen LogP contribution in [0.2, 0.25) is 0 Å². The van der Waals surface area contributed by atoms with E-state index in [0.29, 0.717) is 25.4 Å². The van der Waals surface area contributed by atoms with Gasteiger partial charge in [0.25, 0.3) is 5.91 Å². The summed E-state index contributed by atoms with van der Waals surface area (Å²) in [6, 6.07) is 1.89. The normalized spacial score (nSPS) is 27.8. The Labute approximate surface area is 137 Å². The van der Waals surface area contributed by atoms with E-state index < -0.39 is 0 Å². The lowest BCUT2D eigenvalue weighted by molar-refractivity contribution is -0.142. The van der Waals surface area contributed by atoms with Crippen LogP contribution in [-0.4, -0.2) is 60.1 Å². The van der Waals surface area contributed by atoms with Gasteiger partial charge in [-0.1, -0.05) is 0 Å². The molecule has 1 amide bonds. The molecule has 2 aliphatic rings. The monoisotopic (exact) mass is 321 g/mol. The minimum Gasteiger partial charge on any atom is -0.384 e. The third-order valence-electron chi connectivity index (χ3n) is 5.13. The van der Waals surface area contributed by atoms with Crippen molar-refractivity contribution in [3.05, 3.63) is 17.5 Å². The molecule has 6 heteroatoms. The first-order valence-corrected chi connectivity index (χ1v) is 8.54. The molecule has 3 rings (SSSR count). The van der Waals surface area contributed by atoms with E-state index in [4.69, 9.17) is 9.47 Å². The maximum atomic E-state index is 13.0. The average Bonchev–Trinajstić information content (AvgIpc) is 2.94. The lowest BCUT2D eigenvalue weighted by Gasteiger charge is -2.50. The SMILES string of the molecule is CCn1nc(C)cc1C(=O)N1CC[C@@H]2OCCC[C@@]2(COC)C1. The Morgan fingerprint density at radius 1 is 1.57 bits per heavy atom. The molecular weight excluding hydrogens is 294 g/mol. The molecule has 2 aliphatic heterocycles. The highest BCUT2D eigenvalue weighted by Gasteiger charge is 2.47. The Morgan fingerprint density at radius 3 is 3.13 bits per heavy atom. The highest BCUT2D eigenvalue weighted by atomic mass is 16.5. The van der Waals surface area contributed by atoms with Gasteiger partial charge in [0.2, 0.25) is 0 Å². The van der Waals surface area contributed by atoms with E-state index in [9.17, 15) is 4.79 Å². The number of hydrogen-bond acceptors (Lipinski definition) is 4. The molecule has 0 unspecified atom stereocenters. The van der Waals surface area contributed by atoms with Gasteiger partial charge >= 0.3 is 0 Å². The summed E-state index contributed by atoms with van der Waals surface area (Å²) in [7, 11) is 1.73. The molecule has 128 valence electrons. The van der Waals surface area contributed by atoms with Gasteiger partial charge in [0.05, 0.1) is 18.4 Å². The first kappa shape index (κ1) is 16.5. The van der Waals surface area contributed by atoms with Crippen molar-refractivity contribution < 1.29 is 14.3 Å². The molecule has 0 radical (unpaired) electrons. The zero-order valence-corrected chi connectivity index (χ0v) is 14.4. The van der Waals surface area contributed by atoms with Crippen molar-refractivity contribution in [1.29, 1.82) is 0 Å². The van der Waals surface area contributed by atoms with Crippen LogP contribution in [0.3, 0.4) is 0 Å². The number of aromatic nitrogens is 2. The highest BCUT2D eigenvalue weighted by molar-refractivity contribution is 5.92. The van der Waals surface area contributed by atoms with Gasteiger partial charge in [-0.15, -0.1) is 0 Å². The minimum atomic E-state index is -0.0625. The molecule has 0 aliphatic carbocycles. The Morgan fingerprint density at radius 2 is 2.39 bits per heavy atom. The van der Waals surface area contributed by atoms with Crippen LogP contribution in [-0.2, 0) is 16.0 Å². The molecule has 1 aromatic heterocycles. The maximum absolute atomic E-state index is 13.0. The first-order chi connectivity index (χ1) is 11.1. The van der Waals surface area contributed by atoms with E-state index in [1.54, 1.807) is 11.8 Å². The molecule has 0 spiro atoms. The number of hydrogen-bond donors (Lipinski definition) is 0. The topological polar surface area (TPSA) is 56.6 Å². The molecule has 0 bridgehead atoms. The lowest BCUT2D eigenvalue weighted by Crippen LogP contribution is -2.58. The van der Waals surface area contributed by atoms with Gasteiger partial charge in [0.1, 0.15) is 5.69 Å². The van der Waals surface area contributed by atoms with Crippen LogP contribution in [0.15, 0.2) is 6.07 Å². The number of piperidine rings is 1. The van der Waals surface area contributed by atoms with Crippen molar-refractivity contribution in [1.82, 2.24) is 14.7 Å². The molecule has 23 heavy (non-hydrogen) atoms. The molecule has 0 saturated carbocycles. The average molecular weight is 321 g/mol. The third-order valence-corrected chi connectivity index (χ3v) is 5.13. The number of aryl methyl sites for hydroxylation is 2. The summed E-state index contributed by atoms with van der Waals surface area (Å²) < 4.78 is 13.3. The van der Waals surface area contributed by atoms with Gasteiger partial charge < -0.3 is 14.4 Å². The largest absolute Gasteiger partial charge is 0.384 e. The summed E-state index contributed by atoms with van der Waals surface area (Å²) in [6.07, 6.45) is 3.18. The molecular formula is C17H27N3O3. The van der Waals surface area contributed by atoms with Crippen molar-refractivity contribution >= 4 is 5.91 Å². The second-order valence-corrected chi connectivity index (χ2v) is 6.76. The van der Waals surface area contributed by atoms with E-state index in [1.165, 1.54) is 0 Å². The number of carbonyl (C=O) groups excluding carboxylic acids is 1. The zero-order valence-electron chi connectivity index (χ0n) is 14.4. The van der Waals surface area contributed by atoms with Gasteiger partial charge in [0.15, 0.2) is 0 Å². The van der Waals surface area contributed by atoms with Crippen molar-refractivity contribution in [3.63, 3.8) is 0 Å². The van der Waals surface area contributed by atoms with E-state index in [1.807, 2.05) is 24.8 Å². The van der Waals surface area contributed by atoms with Crippen LogP contribution < -0.4 is 0 Å². The number of rotatable bonds is 4. The highest BCUT2D eigenvalue weighted by Crippen LogP contribution is 2.40.